The van der Waals surface area contributed by atoms with Crippen molar-refractivity contribution in [3.63, 3.8) is 0 Å². The number of hydrogen-bond donors (Lipinski definition) is 3. The Morgan fingerprint density at radius 2 is 1.68 bits per heavy atom. The molecule has 0 radical (unpaired) electrons. The summed E-state index contributed by atoms with van der Waals surface area (Å²) in [5.74, 6) is 0.317. The minimum Gasteiger partial charge on any atom is -0.385 e. The second-order valence-corrected chi connectivity index (χ2v) is 8.89. The molecule has 186 valence electrons. The molecule has 5 rings (SSSR count). The number of nitrogens with zero attached hydrogens (tertiary/aromatic N) is 3. The lowest BCUT2D eigenvalue weighted by Gasteiger charge is -2.09. The number of amides is 1. The van der Waals surface area contributed by atoms with Crippen LogP contribution in [0.4, 0.5) is 11.6 Å². The van der Waals surface area contributed by atoms with Crippen LogP contribution in [0.1, 0.15) is 35.3 Å². The molecule has 3 aromatic carbocycles. The van der Waals surface area contributed by atoms with Crippen molar-refractivity contribution in [3.8, 4) is 16.8 Å². The highest BCUT2D eigenvalue weighted by atomic mass is 16.1. The second-order valence-electron chi connectivity index (χ2n) is 8.89. The Hall–Kier alpha value is -4.65. The first-order chi connectivity index (χ1) is 18.3. The SMILES string of the molecule is O=C(Nc1nc(CCCCCNc2ccccc2)cn1-c1ccccc1)c1cccc(-c2cn[nH]c2)c1. The number of rotatable bonds is 11. The maximum absolute atomic E-state index is 13.2. The van der Waals surface area contributed by atoms with Gasteiger partial charge in [0, 0.05) is 41.4 Å². The topological polar surface area (TPSA) is 87.6 Å². The third kappa shape index (κ3) is 6.32. The molecule has 2 heterocycles. The van der Waals surface area contributed by atoms with Gasteiger partial charge >= 0.3 is 0 Å². The van der Waals surface area contributed by atoms with Crippen LogP contribution in [-0.2, 0) is 6.42 Å². The van der Waals surface area contributed by atoms with Crippen LogP contribution in [0, 0.1) is 0 Å². The fraction of sp³-hybridized carbons (Fsp3) is 0.167. The Balaban J connectivity index is 1.24. The molecule has 0 fully saturated rings. The number of aryl methyl sites for hydroxylation is 1. The number of aromatic nitrogens is 4. The van der Waals surface area contributed by atoms with E-state index < -0.39 is 0 Å². The molecule has 1 amide bonds. The number of unbranched alkanes of at least 4 members (excludes halogenated alkanes) is 2. The first kappa shape index (κ1) is 24.1. The number of benzene rings is 3. The van der Waals surface area contributed by atoms with E-state index in [-0.39, 0.29) is 5.91 Å². The number of imidazole rings is 1. The van der Waals surface area contributed by atoms with Gasteiger partial charge in [-0.1, -0.05) is 55.0 Å². The van der Waals surface area contributed by atoms with Gasteiger partial charge in [-0.2, -0.15) is 5.10 Å². The van der Waals surface area contributed by atoms with Gasteiger partial charge in [0.1, 0.15) is 0 Å². The smallest absolute Gasteiger partial charge is 0.258 e. The molecule has 0 aliphatic heterocycles. The molecule has 37 heavy (non-hydrogen) atoms. The van der Waals surface area contributed by atoms with Crippen LogP contribution < -0.4 is 10.6 Å². The average Bonchev–Trinajstić information content (AvgIpc) is 3.63. The van der Waals surface area contributed by atoms with Crippen molar-refractivity contribution in [1.82, 2.24) is 19.7 Å². The molecule has 5 aromatic rings. The fourth-order valence-corrected chi connectivity index (χ4v) is 4.24. The average molecular weight is 491 g/mol. The zero-order valence-corrected chi connectivity index (χ0v) is 20.6. The van der Waals surface area contributed by atoms with Gasteiger partial charge in [-0.15, -0.1) is 0 Å². The van der Waals surface area contributed by atoms with Gasteiger partial charge in [0.15, 0.2) is 0 Å². The molecule has 0 unspecified atom stereocenters. The number of anilines is 2. The first-order valence-corrected chi connectivity index (χ1v) is 12.6. The van der Waals surface area contributed by atoms with E-state index in [9.17, 15) is 4.79 Å². The van der Waals surface area contributed by atoms with Crippen LogP contribution in [0.5, 0.6) is 0 Å². The minimum atomic E-state index is -0.202. The van der Waals surface area contributed by atoms with E-state index in [1.165, 1.54) is 0 Å². The highest BCUT2D eigenvalue weighted by molar-refractivity contribution is 6.04. The summed E-state index contributed by atoms with van der Waals surface area (Å²) in [6, 6.07) is 27.7. The molecular formula is C30H30N6O. The lowest BCUT2D eigenvalue weighted by Crippen LogP contribution is -2.15. The number of para-hydroxylation sites is 2. The summed E-state index contributed by atoms with van der Waals surface area (Å²) in [4.78, 5) is 18.0. The van der Waals surface area contributed by atoms with E-state index >= 15 is 0 Å². The van der Waals surface area contributed by atoms with Crippen molar-refractivity contribution in [1.29, 1.82) is 0 Å². The van der Waals surface area contributed by atoms with Crippen LogP contribution in [0.3, 0.4) is 0 Å². The monoisotopic (exact) mass is 490 g/mol. The molecule has 0 aliphatic rings. The van der Waals surface area contributed by atoms with Gasteiger partial charge in [0.2, 0.25) is 5.95 Å². The summed E-state index contributed by atoms with van der Waals surface area (Å²) in [6.07, 6.45) is 9.64. The van der Waals surface area contributed by atoms with Gasteiger partial charge in [0.25, 0.3) is 5.91 Å². The molecule has 3 N–H and O–H groups in total. The summed E-state index contributed by atoms with van der Waals surface area (Å²) < 4.78 is 1.95. The molecule has 0 aliphatic carbocycles. The lowest BCUT2D eigenvalue weighted by molar-refractivity contribution is 0.102. The summed E-state index contributed by atoms with van der Waals surface area (Å²) in [6.45, 7) is 0.946. The normalized spacial score (nSPS) is 10.8. The molecule has 0 bridgehead atoms. The molecule has 7 nitrogen and oxygen atoms in total. The molecule has 0 spiro atoms. The van der Waals surface area contributed by atoms with Crippen LogP contribution >= 0.6 is 0 Å². The zero-order chi connectivity index (χ0) is 25.3. The van der Waals surface area contributed by atoms with Crippen molar-refractivity contribution in [2.45, 2.75) is 25.7 Å². The van der Waals surface area contributed by atoms with Crippen molar-refractivity contribution in [2.24, 2.45) is 0 Å². The van der Waals surface area contributed by atoms with E-state index in [1.54, 1.807) is 12.3 Å². The van der Waals surface area contributed by atoms with Gasteiger partial charge in [-0.25, -0.2) is 4.98 Å². The van der Waals surface area contributed by atoms with Crippen LogP contribution in [0.25, 0.3) is 16.8 Å². The van der Waals surface area contributed by atoms with Crippen LogP contribution in [0.2, 0.25) is 0 Å². The van der Waals surface area contributed by atoms with E-state index in [0.717, 1.165) is 60.4 Å². The molecule has 0 atom stereocenters. The molecule has 2 aromatic heterocycles. The zero-order valence-electron chi connectivity index (χ0n) is 20.6. The minimum absolute atomic E-state index is 0.202. The highest BCUT2D eigenvalue weighted by Gasteiger charge is 2.15. The summed E-state index contributed by atoms with van der Waals surface area (Å²) in [7, 11) is 0. The van der Waals surface area contributed by atoms with Crippen molar-refractivity contribution in [3.05, 3.63) is 115 Å². The number of carbonyl (C=O) groups excluding carboxylic acids is 1. The maximum atomic E-state index is 13.2. The summed E-state index contributed by atoms with van der Waals surface area (Å²) in [5, 5.41) is 13.3. The van der Waals surface area contributed by atoms with Crippen molar-refractivity contribution in [2.75, 3.05) is 17.2 Å². The number of aromatic amines is 1. The predicted octanol–water partition coefficient (Wildman–Crippen LogP) is 6.34. The number of H-pyrrole nitrogens is 1. The first-order valence-electron chi connectivity index (χ1n) is 12.6. The molecular weight excluding hydrogens is 460 g/mol. The fourth-order valence-electron chi connectivity index (χ4n) is 4.24. The Bertz CT molecular complexity index is 1410. The summed E-state index contributed by atoms with van der Waals surface area (Å²) >= 11 is 0. The third-order valence-electron chi connectivity index (χ3n) is 6.18. The third-order valence-corrected chi connectivity index (χ3v) is 6.18. The highest BCUT2D eigenvalue weighted by Crippen LogP contribution is 2.22. The van der Waals surface area contributed by atoms with Gasteiger partial charge in [0.05, 0.1) is 11.9 Å². The second kappa shape index (κ2) is 11.9. The Morgan fingerprint density at radius 1 is 0.865 bits per heavy atom. The maximum Gasteiger partial charge on any atom is 0.258 e. The molecule has 0 saturated carbocycles. The van der Waals surface area contributed by atoms with E-state index in [2.05, 4.69) is 33.0 Å². The van der Waals surface area contributed by atoms with Crippen molar-refractivity contribution < 1.29 is 4.79 Å². The van der Waals surface area contributed by atoms with E-state index in [1.807, 2.05) is 83.7 Å². The Morgan fingerprint density at radius 3 is 2.46 bits per heavy atom. The Labute approximate surface area is 216 Å². The molecule has 7 heteroatoms. The standard InChI is InChI=1S/C30H30N6O/c37-29(24-12-10-11-23(19-24)25-20-32-33-21-25)35-30-34-27(22-36(30)28-16-7-2-8-17-28)15-6-3-9-18-31-26-13-4-1-5-14-26/h1-2,4-5,7-8,10-14,16-17,19-22,31H,3,6,9,15,18H2,(H,32,33)(H,34,35,37). The number of nitrogens with one attached hydrogen (secondary N) is 3. The van der Waals surface area contributed by atoms with Gasteiger partial charge < -0.3 is 5.32 Å². The van der Waals surface area contributed by atoms with Crippen LogP contribution in [-0.4, -0.2) is 32.2 Å². The predicted molar refractivity (Wildman–Crippen MR) is 148 cm³/mol. The Kier molecular flexibility index (Phi) is 7.71. The number of carbonyl (C=O) groups is 1. The van der Waals surface area contributed by atoms with E-state index in [0.29, 0.717) is 11.5 Å². The van der Waals surface area contributed by atoms with Gasteiger partial charge in [-0.05, 0) is 61.2 Å². The van der Waals surface area contributed by atoms with Crippen LogP contribution in [0.15, 0.2) is 104 Å². The quantitative estimate of drug-likeness (QED) is 0.189. The number of hydrogen-bond acceptors (Lipinski definition) is 4. The summed E-state index contributed by atoms with van der Waals surface area (Å²) in [5.41, 5.74) is 5.49. The van der Waals surface area contributed by atoms with Gasteiger partial charge in [-0.3, -0.25) is 19.8 Å². The lowest BCUT2D eigenvalue weighted by atomic mass is 10.1. The largest absolute Gasteiger partial charge is 0.385 e. The molecule has 0 saturated heterocycles. The van der Waals surface area contributed by atoms with Crippen molar-refractivity contribution >= 4 is 17.5 Å². The van der Waals surface area contributed by atoms with E-state index in [4.69, 9.17) is 4.98 Å².